The van der Waals surface area contributed by atoms with Crippen molar-refractivity contribution in [1.29, 1.82) is 0 Å². The summed E-state index contributed by atoms with van der Waals surface area (Å²) in [6, 6.07) is 11.7. The minimum absolute atomic E-state index is 0.0306. The number of aliphatic imine (C=N–C) groups is 1. The van der Waals surface area contributed by atoms with Crippen molar-refractivity contribution in [2.75, 3.05) is 12.3 Å². The number of carbonyl (C=O) groups excluding carboxylic acids is 1. The molecule has 1 saturated heterocycles. The number of benzene rings is 1. The van der Waals surface area contributed by atoms with Crippen LogP contribution in [0.25, 0.3) is 0 Å². The number of carbonyl (C=O) groups is 1. The van der Waals surface area contributed by atoms with Crippen molar-refractivity contribution in [3.8, 4) is 0 Å². The fourth-order valence-corrected chi connectivity index (χ4v) is 4.32. The Balaban J connectivity index is 1.89. The third kappa shape index (κ3) is 3.22. The maximum absolute atomic E-state index is 12.6. The molecular weight excluding hydrogens is 368 g/mol. The fraction of sp³-hybridized carbons (Fsp3) is 0.200. The lowest BCUT2D eigenvalue weighted by atomic mass is 10.2. The molecule has 0 aliphatic carbocycles. The lowest BCUT2D eigenvalue weighted by molar-refractivity contribution is 0.0864. The van der Waals surface area contributed by atoms with E-state index in [-0.39, 0.29) is 5.91 Å². The van der Waals surface area contributed by atoms with Crippen molar-refractivity contribution in [1.82, 2.24) is 4.90 Å². The second-order valence-electron chi connectivity index (χ2n) is 4.59. The minimum Gasteiger partial charge on any atom is -0.286 e. The topological polar surface area (TPSA) is 32.7 Å². The zero-order valence-electron chi connectivity index (χ0n) is 11.4. The largest absolute Gasteiger partial charge is 0.286 e. The number of amides is 1. The zero-order valence-corrected chi connectivity index (χ0v) is 14.6. The van der Waals surface area contributed by atoms with Gasteiger partial charge in [-0.1, -0.05) is 30.0 Å². The summed E-state index contributed by atoms with van der Waals surface area (Å²) in [6.07, 6.45) is 0. The Morgan fingerprint density at radius 3 is 2.81 bits per heavy atom. The lowest BCUT2D eigenvalue weighted by Gasteiger charge is -2.15. The third-order valence-corrected chi connectivity index (χ3v) is 5.71. The predicted octanol–water partition coefficient (Wildman–Crippen LogP) is 4.70. The molecule has 0 spiro atoms. The molecule has 0 atom stereocenters. The van der Waals surface area contributed by atoms with E-state index >= 15 is 0 Å². The van der Waals surface area contributed by atoms with Gasteiger partial charge in [-0.2, -0.15) is 0 Å². The number of hydrogen-bond acceptors (Lipinski definition) is 4. The van der Waals surface area contributed by atoms with E-state index < -0.39 is 0 Å². The molecule has 6 heteroatoms. The van der Waals surface area contributed by atoms with E-state index in [9.17, 15) is 4.79 Å². The van der Waals surface area contributed by atoms with Gasteiger partial charge in [0.05, 0.1) is 14.4 Å². The summed E-state index contributed by atoms with van der Waals surface area (Å²) in [7, 11) is 0. The number of rotatable bonds is 2. The van der Waals surface area contributed by atoms with E-state index in [1.54, 1.807) is 16.7 Å². The highest BCUT2D eigenvalue weighted by Crippen LogP contribution is 2.29. The van der Waals surface area contributed by atoms with E-state index in [0.717, 1.165) is 30.8 Å². The molecule has 1 aliphatic heterocycles. The van der Waals surface area contributed by atoms with Crippen molar-refractivity contribution in [3.05, 3.63) is 50.6 Å². The first-order valence-electron chi connectivity index (χ1n) is 6.49. The second kappa shape index (κ2) is 6.34. The van der Waals surface area contributed by atoms with Crippen LogP contribution in [-0.2, 0) is 0 Å². The summed E-state index contributed by atoms with van der Waals surface area (Å²) in [5, 5.41) is 0.791. The smallest absolute Gasteiger partial charge is 0.269 e. The van der Waals surface area contributed by atoms with Crippen molar-refractivity contribution in [2.45, 2.75) is 6.92 Å². The van der Waals surface area contributed by atoms with Crippen LogP contribution in [0.15, 0.2) is 45.2 Å². The number of halogens is 1. The molecule has 3 nitrogen and oxygen atoms in total. The van der Waals surface area contributed by atoms with Crippen molar-refractivity contribution < 1.29 is 4.79 Å². The summed E-state index contributed by atoms with van der Waals surface area (Å²) < 4.78 is 0.968. The quantitative estimate of drug-likeness (QED) is 0.756. The van der Waals surface area contributed by atoms with Gasteiger partial charge in [-0.3, -0.25) is 9.69 Å². The minimum atomic E-state index is 0.0306. The molecule has 3 rings (SSSR count). The normalized spacial score (nSPS) is 16.7. The van der Waals surface area contributed by atoms with Crippen molar-refractivity contribution in [3.63, 3.8) is 0 Å². The van der Waals surface area contributed by atoms with Gasteiger partial charge in [0, 0.05) is 12.3 Å². The maximum atomic E-state index is 12.6. The van der Waals surface area contributed by atoms with Crippen LogP contribution >= 0.6 is 39.0 Å². The molecule has 108 valence electrons. The van der Waals surface area contributed by atoms with Crippen molar-refractivity contribution >= 4 is 55.8 Å². The molecule has 1 amide bonds. The Morgan fingerprint density at radius 2 is 2.10 bits per heavy atom. The van der Waals surface area contributed by atoms with Crippen LogP contribution in [0.1, 0.15) is 15.2 Å². The zero-order chi connectivity index (χ0) is 14.8. The number of para-hydroxylation sites is 1. The van der Waals surface area contributed by atoms with Crippen LogP contribution in [-0.4, -0.2) is 28.3 Å². The summed E-state index contributed by atoms with van der Waals surface area (Å²) in [5.74, 6) is 0.922. The number of amidine groups is 1. The van der Waals surface area contributed by atoms with Crippen LogP contribution in [0.5, 0.6) is 0 Å². The second-order valence-corrected chi connectivity index (χ2v) is 8.11. The number of aryl methyl sites for hydroxylation is 1. The Labute approximate surface area is 140 Å². The average molecular weight is 381 g/mol. The Hall–Kier alpha value is -1.11. The van der Waals surface area contributed by atoms with E-state index in [1.165, 1.54) is 11.3 Å². The molecule has 0 radical (unpaired) electrons. The molecule has 0 saturated carbocycles. The van der Waals surface area contributed by atoms with E-state index in [0.29, 0.717) is 6.54 Å². The first kappa shape index (κ1) is 14.8. The van der Waals surface area contributed by atoms with Gasteiger partial charge in [0.2, 0.25) is 0 Å². The maximum Gasteiger partial charge on any atom is 0.269 e. The number of hydrogen-bond donors (Lipinski definition) is 0. The first-order chi connectivity index (χ1) is 10.1. The van der Waals surface area contributed by atoms with Gasteiger partial charge in [0.15, 0.2) is 5.17 Å². The molecule has 1 aromatic carbocycles. The van der Waals surface area contributed by atoms with Crippen LogP contribution in [0.3, 0.4) is 0 Å². The molecule has 21 heavy (non-hydrogen) atoms. The van der Waals surface area contributed by atoms with Gasteiger partial charge in [-0.05, 0) is 46.6 Å². The highest BCUT2D eigenvalue weighted by atomic mass is 79.9. The van der Waals surface area contributed by atoms with Gasteiger partial charge in [-0.15, -0.1) is 11.3 Å². The monoisotopic (exact) mass is 380 g/mol. The predicted molar refractivity (Wildman–Crippen MR) is 93.8 cm³/mol. The standard InChI is InChI=1S/C15H13BrN2OS2/c1-10-4-2-3-5-11(10)17-15-18(8-9-20-15)14(19)12-6-7-13(16)21-12/h2-7H,8-9H2,1H3. The molecular formula is C15H13BrN2OS2. The molecule has 0 bridgehead atoms. The summed E-state index contributed by atoms with van der Waals surface area (Å²) >= 11 is 6.49. The Bertz CT molecular complexity index is 711. The Morgan fingerprint density at radius 1 is 1.29 bits per heavy atom. The highest BCUT2D eigenvalue weighted by molar-refractivity contribution is 9.11. The van der Waals surface area contributed by atoms with Gasteiger partial charge >= 0.3 is 0 Å². The molecule has 2 aromatic rings. The fourth-order valence-electron chi connectivity index (χ4n) is 2.04. The molecule has 1 fully saturated rings. The van der Waals surface area contributed by atoms with Crippen molar-refractivity contribution in [2.24, 2.45) is 4.99 Å². The first-order valence-corrected chi connectivity index (χ1v) is 9.09. The summed E-state index contributed by atoms with van der Waals surface area (Å²) in [6.45, 7) is 2.74. The average Bonchev–Trinajstić information content (AvgIpc) is 3.10. The van der Waals surface area contributed by atoms with Gasteiger partial charge in [0.25, 0.3) is 5.91 Å². The van der Waals surface area contributed by atoms with Gasteiger partial charge in [0.1, 0.15) is 0 Å². The number of nitrogens with zero attached hydrogens (tertiary/aromatic N) is 2. The van der Waals surface area contributed by atoms with E-state index in [2.05, 4.69) is 20.9 Å². The van der Waals surface area contributed by atoms with Crippen LogP contribution in [0, 0.1) is 6.92 Å². The third-order valence-electron chi connectivity index (χ3n) is 3.14. The molecule has 2 heterocycles. The molecule has 0 unspecified atom stereocenters. The van der Waals surface area contributed by atoms with E-state index in [1.807, 2.05) is 43.3 Å². The SMILES string of the molecule is Cc1ccccc1N=C1SCCN1C(=O)c1ccc(Br)s1. The van der Waals surface area contributed by atoms with Crippen LogP contribution in [0.2, 0.25) is 0 Å². The van der Waals surface area contributed by atoms with Gasteiger partial charge < -0.3 is 0 Å². The number of thiophene rings is 1. The van der Waals surface area contributed by atoms with Crippen LogP contribution in [0.4, 0.5) is 5.69 Å². The number of thioether (sulfide) groups is 1. The molecule has 0 N–H and O–H groups in total. The molecule has 1 aromatic heterocycles. The summed E-state index contributed by atoms with van der Waals surface area (Å²) in [4.78, 5) is 19.7. The highest BCUT2D eigenvalue weighted by Gasteiger charge is 2.27. The summed E-state index contributed by atoms with van der Waals surface area (Å²) in [5.41, 5.74) is 2.04. The van der Waals surface area contributed by atoms with Gasteiger partial charge in [-0.25, -0.2) is 4.99 Å². The van der Waals surface area contributed by atoms with Crippen LogP contribution < -0.4 is 0 Å². The lowest BCUT2D eigenvalue weighted by Crippen LogP contribution is -2.31. The molecule has 1 aliphatic rings. The van der Waals surface area contributed by atoms with E-state index in [4.69, 9.17) is 0 Å². The Kier molecular flexibility index (Phi) is 4.47.